The van der Waals surface area contributed by atoms with Crippen LogP contribution in [0.4, 0.5) is 5.69 Å². The van der Waals surface area contributed by atoms with E-state index in [2.05, 4.69) is 27.9 Å². The van der Waals surface area contributed by atoms with E-state index in [-0.39, 0.29) is 5.91 Å². The van der Waals surface area contributed by atoms with Gasteiger partial charge in [0, 0.05) is 15.8 Å². The highest BCUT2D eigenvalue weighted by atomic mass is 127. The predicted molar refractivity (Wildman–Crippen MR) is 98.7 cm³/mol. The predicted octanol–water partition coefficient (Wildman–Crippen LogP) is 3.83. The highest BCUT2D eigenvalue weighted by Gasteiger charge is 2.15. The first-order valence-electron chi connectivity index (χ1n) is 6.56. The SMILES string of the molecule is CCN(C(=S)NC(=O)c1ccccc1I)c1ccccc1. The first-order valence-corrected chi connectivity index (χ1v) is 8.04. The Morgan fingerprint density at radius 1 is 1.14 bits per heavy atom. The van der Waals surface area contributed by atoms with Crippen LogP contribution < -0.4 is 10.2 Å². The van der Waals surface area contributed by atoms with Crippen LogP contribution in [-0.4, -0.2) is 17.6 Å². The van der Waals surface area contributed by atoms with Crippen LogP contribution in [0.3, 0.4) is 0 Å². The highest BCUT2D eigenvalue weighted by Crippen LogP contribution is 2.14. The maximum atomic E-state index is 12.3. The van der Waals surface area contributed by atoms with E-state index in [4.69, 9.17) is 12.2 Å². The number of hydrogen-bond acceptors (Lipinski definition) is 2. The lowest BCUT2D eigenvalue weighted by Crippen LogP contribution is -2.43. The van der Waals surface area contributed by atoms with Crippen molar-refractivity contribution in [3.05, 3.63) is 63.7 Å². The fourth-order valence-corrected chi connectivity index (χ4v) is 2.89. The minimum Gasteiger partial charge on any atom is -0.319 e. The van der Waals surface area contributed by atoms with Gasteiger partial charge in [-0.05, 0) is 66.0 Å². The fourth-order valence-electron chi connectivity index (χ4n) is 1.93. The van der Waals surface area contributed by atoms with Gasteiger partial charge in [-0.2, -0.15) is 0 Å². The Morgan fingerprint density at radius 2 is 1.76 bits per heavy atom. The molecule has 0 unspecified atom stereocenters. The fraction of sp³-hybridized carbons (Fsp3) is 0.125. The lowest BCUT2D eigenvalue weighted by Gasteiger charge is -2.24. The van der Waals surface area contributed by atoms with Gasteiger partial charge in [-0.3, -0.25) is 10.1 Å². The number of carbonyl (C=O) groups is 1. The minimum atomic E-state index is -0.181. The molecular weight excluding hydrogens is 395 g/mol. The number of amides is 1. The largest absolute Gasteiger partial charge is 0.319 e. The van der Waals surface area contributed by atoms with Crippen LogP contribution in [0.2, 0.25) is 0 Å². The van der Waals surface area contributed by atoms with E-state index in [0.29, 0.717) is 17.2 Å². The van der Waals surface area contributed by atoms with Gasteiger partial charge in [0.2, 0.25) is 0 Å². The summed E-state index contributed by atoms with van der Waals surface area (Å²) in [5.41, 5.74) is 1.60. The Morgan fingerprint density at radius 3 is 2.38 bits per heavy atom. The molecule has 0 radical (unpaired) electrons. The molecule has 0 fully saturated rings. The maximum absolute atomic E-state index is 12.3. The van der Waals surface area contributed by atoms with Crippen LogP contribution in [0, 0.1) is 3.57 Å². The second kappa shape index (κ2) is 7.51. The third-order valence-electron chi connectivity index (χ3n) is 2.97. The topological polar surface area (TPSA) is 32.3 Å². The number of halogens is 1. The van der Waals surface area contributed by atoms with Gasteiger partial charge < -0.3 is 4.90 Å². The number of nitrogens with zero attached hydrogens (tertiary/aromatic N) is 1. The van der Waals surface area contributed by atoms with Crippen molar-refractivity contribution < 1.29 is 4.79 Å². The molecule has 1 N–H and O–H groups in total. The molecule has 0 aliphatic carbocycles. The molecule has 0 aromatic heterocycles. The summed E-state index contributed by atoms with van der Waals surface area (Å²) >= 11 is 7.51. The summed E-state index contributed by atoms with van der Waals surface area (Å²) in [7, 11) is 0. The number of anilines is 1. The van der Waals surface area contributed by atoms with Gasteiger partial charge in [0.15, 0.2) is 5.11 Å². The maximum Gasteiger partial charge on any atom is 0.258 e. The zero-order valence-corrected chi connectivity index (χ0v) is 14.5. The third-order valence-corrected chi connectivity index (χ3v) is 4.23. The molecule has 5 heteroatoms. The highest BCUT2D eigenvalue weighted by molar-refractivity contribution is 14.1. The molecule has 2 aromatic carbocycles. The molecule has 3 nitrogen and oxygen atoms in total. The Labute approximate surface area is 143 Å². The van der Waals surface area contributed by atoms with Crippen LogP contribution in [0.25, 0.3) is 0 Å². The standard InChI is InChI=1S/C16H15IN2OS/c1-2-19(12-8-4-3-5-9-12)16(21)18-15(20)13-10-6-7-11-14(13)17/h3-11H,2H2,1H3,(H,18,20,21). The summed E-state index contributed by atoms with van der Waals surface area (Å²) in [4.78, 5) is 14.2. The van der Waals surface area contributed by atoms with Gasteiger partial charge in [0.25, 0.3) is 5.91 Å². The van der Waals surface area contributed by atoms with Crippen LogP contribution in [0.5, 0.6) is 0 Å². The summed E-state index contributed by atoms with van der Waals surface area (Å²) < 4.78 is 0.901. The van der Waals surface area contributed by atoms with Gasteiger partial charge in [-0.1, -0.05) is 30.3 Å². The molecule has 0 saturated heterocycles. The van der Waals surface area contributed by atoms with Crippen molar-refractivity contribution in [2.45, 2.75) is 6.92 Å². The van der Waals surface area contributed by atoms with E-state index in [9.17, 15) is 4.79 Å². The third kappa shape index (κ3) is 4.01. The summed E-state index contributed by atoms with van der Waals surface area (Å²) in [6.07, 6.45) is 0. The van der Waals surface area contributed by atoms with Crippen molar-refractivity contribution in [3.8, 4) is 0 Å². The lowest BCUT2D eigenvalue weighted by molar-refractivity contribution is 0.0976. The Kier molecular flexibility index (Phi) is 5.69. The van der Waals surface area contributed by atoms with Crippen LogP contribution in [0.15, 0.2) is 54.6 Å². The van der Waals surface area contributed by atoms with Gasteiger partial charge in [-0.15, -0.1) is 0 Å². The quantitative estimate of drug-likeness (QED) is 0.617. The van der Waals surface area contributed by atoms with E-state index < -0.39 is 0 Å². The van der Waals surface area contributed by atoms with E-state index >= 15 is 0 Å². The summed E-state index contributed by atoms with van der Waals surface area (Å²) in [5, 5.41) is 3.21. The number of benzene rings is 2. The second-order valence-electron chi connectivity index (χ2n) is 4.32. The number of rotatable bonds is 3. The lowest BCUT2D eigenvalue weighted by atomic mass is 10.2. The molecule has 0 bridgehead atoms. The molecule has 2 rings (SSSR count). The van der Waals surface area contributed by atoms with Crippen molar-refractivity contribution in [1.29, 1.82) is 0 Å². The number of hydrogen-bond donors (Lipinski definition) is 1. The Hall–Kier alpha value is -1.47. The number of carbonyl (C=O) groups excluding carboxylic acids is 1. The van der Waals surface area contributed by atoms with Crippen molar-refractivity contribution in [3.63, 3.8) is 0 Å². The van der Waals surface area contributed by atoms with Crippen molar-refractivity contribution in [2.75, 3.05) is 11.4 Å². The van der Waals surface area contributed by atoms with Crippen LogP contribution in [0.1, 0.15) is 17.3 Å². The molecule has 2 aromatic rings. The monoisotopic (exact) mass is 410 g/mol. The summed E-state index contributed by atoms with van der Waals surface area (Å²) in [6, 6.07) is 17.2. The van der Waals surface area contributed by atoms with Crippen molar-refractivity contribution >= 4 is 51.5 Å². The zero-order valence-electron chi connectivity index (χ0n) is 11.5. The smallest absolute Gasteiger partial charge is 0.258 e. The molecule has 0 atom stereocenters. The average molecular weight is 410 g/mol. The minimum absolute atomic E-state index is 0.181. The van der Waals surface area contributed by atoms with Gasteiger partial charge >= 0.3 is 0 Å². The van der Waals surface area contributed by atoms with E-state index in [1.54, 1.807) is 6.07 Å². The normalized spacial score (nSPS) is 10.0. The first-order chi connectivity index (χ1) is 10.1. The zero-order chi connectivity index (χ0) is 15.2. The van der Waals surface area contributed by atoms with Crippen molar-refractivity contribution in [1.82, 2.24) is 5.32 Å². The molecule has 0 heterocycles. The van der Waals surface area contributed by atoms with Gasteiger partial charge in [0.1, 0.15) is 0 Å². The molecule has 0 aliphatic heterocycles. The molecule has 1 amide bonds. The number of thiocarbonyl (C=S) groups is 1. The molecule has 108 valence electrons. The van der Waals surface area contributed by atoms with Crippen LogP contribution in [-0.2, 0) is 0 Å². The average Bonchev–Trinajstić information content (AvgIpc) is 2.49. The summed E-state index contributed by atoms with van der Waals surface area (Å²) in [6.45, 7) is 2.69. The van der Waals surface area contributed by atoms with E-state index in [1.807, 2.05) is 60.4 Å². The molecular formula is C16H15IN2OS. The van der Waals surface area contributed by atoms with Gasteiger partial charge in [-0.25, -0.2) is 0 Å². The second-order valence-corrected chi connectivity index (χ2v) is 5.87. The number of nitrogens with one attached hydrogen (secondary N) is 1. The first kappa shape index (κ1) is 15.9. The van der Waals surface area contributed by atoms with E-state index in [1.165, 1.54) is 0 Å². The molecule has 0 spiro atoms. The summed E-state index contributed by atoms with van der Waals surface area (Å²) in [5.74, 6) is -0.181. The Bertz CT molecular complexity index is 646. The number of para-hydroxylation sites is 1. The van der Waals surface area contributed by atoms with E-state index in [0.717, 1.165) is 9.26 Å². The Balaban J connectivity index is 2.13. The molecule has 21 heavy (non-hydrogen) atoms. The molecule has 0 saturated carbocycles. The van der Waals surface area contributed by atoms with Gasteiger partial charge in [0.05, 0.1) is 5.56 Å². The van der Waals surface area contributed by atoms with Crippen molar-refractivity contribution in [2.24, 2.45) is 0 Å². The molecule has 0 aliphatic rings. The van der Waals surface area contributed by atoms with Crippen LogP contribution >= 0.6 is 34.8 Å².